The number of hydrogen-bond donors (Lipinski definition) is 1. The van der Waals surface area contributed by atoms with E-state index in [2.05, 4.69) is 4.98 Å². The molecule has 2 nitrogen and oxygen atoms in total. The molecule has 0 amide bonds. The van der Waals surface area contributed by atoms with Gasteiger partial charge in [-0.25, -0.2) is 4.98 Å². The van der Waals surface area contributed by atoms with E-state index in [1.165, 1.54) is 24.3 Å². The summed E-state index contributed by atoms with van der Waals surface area (Å²) < 4.78 is 76.0. The highest BCUT2D eigenvalue weighted by atomic mass is 32.1. The zero-order chi connectivity index (χ0) is 20.5. The third-order valence-corrected chi connectivity index (χ3v) is 5.17. The monoisotopic (exact) mass is 417 g/mol. The van der Waals surface area contributed by atoms with Crippen LogP contribution in [0, 0.1) is 0 Å². The Morgan fingerprint density at radius 2 is 1.29 bits per heavy atom. The standard InChI is InChI=1S/C19H13F6NOS/c20-18(21,22)13-5-1-11(2-6-13)9-15-16(10-27)28-17(26-15)12-3-7-14(8-4-12)19(23,24)25/h1-8,27H,9-10H2. The fourth-order valence-electron chi connectivity index (χ4n) is 2.58. The van der Waals surface area contributed by atoms with Crippen molar-refractivity contribution < 1.29 is 31.4 Å². The minimum Gasteiger partial charge on any atom is -0.391 e. The van der Waals surface area contributed by atoms with E-state index in [-0.39, 0.29) is 13.0 Å². The highest BCUT2D eigenvalue weighted by Crippen LogP contribution is 2.34. The van der Waals surface area contributed by atoms with Crippen LogP contribution in [0.15, 0.2) is 48.5 Å². The highest BCUT2D eigenvalue weighted by Gasteiger charge is 2.31. The van der Waals surface area contributed by atoms with E-state index in [1.807, 2.05) is 0 Å². The van der Waals surface area contributed by atoms with Gasteiger partial charge in [0.1, 0.15) is 5.01 Å². The molecule has 0 unspecified atom stereocenters. The van der Waals surface area contributed by atoms with Crippen LogP contribution in [0.5, 0.6) is 0 Å². The van der Waals surface area contributed by atoms with Crippen molar-refractivity contribution in [3.05, 3.63) is 75.8 Å². The average molecular weight is 417 g/mol. The molecule has 1 N–H and O–H groups in total. The molecular weight excluding hydrogens is 404 g/mol. The lowest BCUT2D eigenvalue weighted by Crippen LogP contribution is -2.04. The quantitative estimate of drug-likeness (QED) is 0.534. The Kier molecular flexibility index (Phi) is 5.49. The zero-order valence-electron chi connectivity index (χ0n) is 14.1. The Balaban J connectivity index is 1.85. The van der Waals surface area contributed by atoms with Crippen molar-refractivity contribution in [2.45, 2.75) is 25.4 Å². The topological polar surface area (TPSA) is 33.1 Å². The largest absolute Gasteiger partial charge is 0.416 e. The van der Waals surface area contributed by atoms with E-state index in [0.717, 1.165) is 35.6 Å². The summed E-state index contributed by atoms with van der Waals surface area (Å²) in [4.78, 5) is 4.87. The SMILES string of the molecule is OCc1sc(-c2ccc(C(F)(F)F)cc2)nc1Cc1ccc(C(F)(F)F)cc1. The molecule has 0 spiro atoms. The Morgan fingerprint density at radius 3 is 1.75 bits per heavy atom. The molecule has 148 valence electrons. The van der Waals surface area contributed by atoms with E-state index >= 15 is 0 Å². The fraction of sp³-hybridized carbons (Fsp3) is 0.211. The van der Waals surface area contributed by atoms with Gasteiger partial charge in [-0.15, -0.1) is 11.3 Å². The second kappa shape index (κ2) is 7.56. The first kappa shape index (κ1) is 20.3. The molecule has 0 aliphatic carbocycles. The van der Waals surface area contributed by atoms with Crippen LogP contribution in [-0.2, 0) is 25.4 Å². The molecule has 0 aliphatic rings. The number of halogens is 6. The summed E-state index contributed by atoms with van der Waals surface area (Å²) in [5.74, 6) is 0. The predicted molar refractivity (Wildman–Crippen MR) is 92.7 cm³/mol. The molecule has 3 aromatic rings. The molecule has 0 saturated heterocycles. The Bertz CT molecular complexity index is 943. The highest BCUT2D eigenvalue weighted by molar-refractivity contribution is 7.15. The fourth-order valence-corrected chi connectivity index (χ4v) is 3.52. The van der Waals surface area contributed by atoms with Gasteiger partial charge in [0.2, 0.25) is 0 Å². The maximum Gasteiger partial charge on any atom is 0.416 e. The number of benzene rings is 2. The average Bonchev–Trinajstić information content (AvgIpc) is 3.03. The van der Waals surface area contributed by atoms with Crippen molar-refractivity contribution in [3.63, 3.8) is 0 Å². The number of nitrogens with zero attached hydrogens (tertiary/aromatic N) is 1. The van der Waals surface area contributed by atoms with Crippen LogP contribution in [0.2, 0.25) is 0 Å². The Hall–Kier alpha value is -2.39. The van der Waals surface area contributed by atoms with E-state index in [4.69, 9.17) is 0 Å². The smallest absolute Gasteiger partial charge is 0.391 e. The maximum absolute atomic E-state index is 12.7. The van der Waals surface area contributed by atoms with E-state index in [0.29, 0.717) is 26.7 Å². The Labute approximate surface area is 160 Å². The summed E-state index contributed by atoms with van der Waals surface area (Å²) in [7, 11) is 0. The lowest BCUT2D eigenvalue weighted by molar-refractivity contribution is -0.138. The summed E-state index contributed by atoms with van der Waals surface area (Å²) in [5.41, 5.74) is -0.0250. The molecule has 9 heteroatoms. The van der Waals surface area contributed by atoms with Crippen molar-refractivity contribution in [1.29, 1.82) is 0 Å². The molecule has 0 saturated carbocycles. The van der Waals surface area contributed by atoms with Crippen molar-refractivity contribution in [3.8, 4) is 10.6 Å². The molecule has 28 heavy (non-hydrogen) atoms. The van der Waals surface area contributed by atoms with Gasteiger partial charge in [0.25, 0.3) is 0 Å². The minimum absolute atomic E-state index is 0.200. The molecule has 0 bridgehead atoms. The third-order valence-electron chi connectivity index (χ3n) is 4.03. The number of alkyl halides is 6. The summed E-state index contributed by atoms with van der Waals surface area (Å²) in [5, 5.41) is 9.96. The zero-order valence-corrected chi connectivity index (χ0v) is 14.9. The van der Waals surface area contributed by atoms with Crippen LogP contribution < -0.4 is 0 Å². The number of aromatic nitrogens is 1. The van der Waals surface area contributed by atoms with Crippen LogP contribution >= 0.6 is 11.3 Å². The number of hydrogen-bond acceptors (Lipinski definition) is 3. The predicted octanol–water partition coefficient (Wildman–Crippen LogP) is 5.93. The first-order valence-corrected chi connectivity index (χ1v) is 8.83. The van der Waals surface area contributed by atoms with Gasteiger partial charge in [0, 0.05) is 12.0 Å². The van der Waals surface area contributed by atoms with E-state index in [1.54, 1.807) is 0 Å². The number of rotatable bonds is 4. The second-order valence-electron chi connectivity index (χ2n) is 5.99. The van der Waals surface area contributed by atoms with Gasteiger partial charge in [-0.1, -0.05) is 24.3 Å². The van der Waals surface area contributed by atoms with Gasteiger partial charge in [-0.3, -0.25) is 0 Å². The van der Waals surface area contributed by atoms with Gasteiger partial charge in [0.05, 0.1) is 28.3 Å². The molecule has 0 radical (unpaired) electrons. The molecule has 1 heterocycles. The minimum atomic E-state index is -4.44. The summed E-state index contributed by atoms with van der Waals surface area (Å²) in [6.45, 7) is -0.325. The second-order valence-corrected chi connectivity index (χ2v) is 7.08. The maximum atomic E-state index is 12.7. The summed E-state index contributed by atoms with van der Waals surface area (Å²) >= 11 is 1.13. The van der Waals surface area contributed by atoms with Gasteiger partial charge < -0.3 is 5.11 Å². The normalized spacial score (nSPS) is 12.4. The van der Waals surface area contributed by atoms with Crippen molar-refractivity contribution in [2.75, 3.05) is 0 Å². The van der Waals surface area contributed by atoms with Gasteiger partial charge >= 0.3 is 12.4 Å². The molecule has 3 rings (SSSR count). The molecule has 0 atom stereocenters. The Morgan fingerprint density at radius 1 is 0.786 bits per heavy atom. The summed E-state index contributed by atoms with van der Waals surface area (Å²) in [6.07, 6.45) is -8.66. The molecule has 1 aromatic heterocycles. The van der Waals surface area contributed by atoms with Crippen LogP contribution in [-0.4, -0.2) is 10.1 Å². The number of aliphatic hydroxyl groups is 1. The molecular formula is C19H13F6NOS. The van der Waals surface area contributed by atoms with Crippen molar-refractivity contribution in [2.24, 2.45) is 0 Å². The summed E-state index contributed by atoms with van der Waals surface area (Å²) in [6, 6.07) is 9.10. The third kappa shape index (κ3) is 4.53. The van der Waals surface area contributed by atoms with Crippen LogP contribution in [0.25, 0.3) is 10.6 Å². The van der Waals surface area contributed by atoms with Crippen LogP contribution in [0.4, 0.5) is 26.3 Å². The van der Waals surface area contributed by atoms with Crippen molar-refractivity contribution >= 4 is 11.3 Å². The van der Waals surface area contributed by atoms with E-state index in [9.17, 15) is 31.4 Å². The number of thiazole rings is 1. The van der Waals surface area contributed by atoms with Gasteiger partial charge in [0.15, 0.2) is 0 Å². The molecule has 2 aromatic carbocycles. The van der Waals surface area contributed by atoms with E-state index < -0.39 is 23.5 Å². The molecule has 0 fully saturated rings. The lowest BCUT2D eigenvalue weighted by Gasteiger charge is -2.07. The van der Waals surface area contributed by atoms with Gasteiger partial charge in [-0.05, 0) is 29.8 Å². The lowest BCUT2D eigenvalue weighted by atomic mass is 10.1. The van der Waals surface area contributed by atoms with Crippen molar-refractivity contribution in [1.82, 2.24) is 4.98 Å². The first-order chi connectivity index (χ1) is 13.1. The molecule has 0 aliphatic heterocycles. The van der Waals surface area contributed by atoms with Gasteiger partial charge in [-0.2, -0.15) is 26.3 Å². The van der Waals surface area contributed by atoms with Crippen LogP contribution in [0.3, 0.4) is 0 Å². The number of aliphatic hydroxyl groups excluding tert-OH is 1. The van der Waals surface area contributed by atoms with Crippen LogP contribution in [0.1, 0.15) is 27.3 Å². The first-order valence-electron chi connectivity index (χ1n) is 8.01.